The average molecular weight is 605 g/mol. The Morgan fingerprint density at radius 2 is 1.38 bits per heavy atom. The molecule has 0 aliphatic rings. The topological polar surface area (TPSA) is 80.8 Å². The number of hydrogen-bond donors (Lipinski definition) is 0. The first-order chi connectivity index (χ1) is 19.2. The average Bonchev–Trinajstić information content (AvgIpc) is 2.96. The van der Waals surface area contributed by atoms with Crippen molar-refractivity contribution in [3.8, 4) is 0 Å². The van der Waals surface area contributed by atoms with Crippen molar-refractivity contribution in [2.75, 3.05) is 26.0 Å². The summed E-state index contributed by atoms with van der Waals surface area (Å²) in [7, 11) is -2.63. The lowest BCUT2D eigenvalue weighted by Gasteiger charge is -2.28. The predicted octanol–water partition coefficient (Wildman–Crippen LogP) is 6.43. The Kier molecular flexibility index (Phi) is 12.5. The van der Waals surface area contributed by atoms with Crippen molar-refractivity contribution >= 4 is 44.9 Å². The Bertz CT molecular complexity index is 1310. The van der Waals surface area contributed by atoms with Gasteiger partial charge in [0.05, 0.1) is 33.7 Å². The minimum Gasteiger partial charge on any atom is -0.469 e. The van der Waals surface area contributed by atoms with Gasteiger partial charge in [0.2, 0.25) is 5.91 Å². The molecule has 0 heterocycles. The Balaban J connectivity index is 1.80. The number of rotatable bonds is 15. The van der Waals surface area contributed by atoms with Crippen LogP contribution in [-0.4, -0.2) is 51.1 Å². The van der Waals surface area contributed by atoms with Crippen LogP contribution >= 0.6 is 23.2 Å². The fourth-order valence-electron chi connectivity index (χ4n) is 4.53. The molecule has 0 saturated heterocycles. The van der Waals surface area contributed by atoms with Gasteiger partial charge < -0.3 is 9.64 Å². The van der Waals surface area contributed by atoms with Crippen LogP contribution in [-0.2, 0) is 37.0 Å². The maximum atomic E-state index is 13.9. The van der Waals surface area contributed by atoms with Gasteiger partial charge in [-0.1, -0.05) is 83.9 Å². The molecule has 0 aliphatic heterocycles. The number of hydrogen-bond acceptors (Lipinski definition) is 5. The first-order valence-corrected chi connectivity index (χ1v) is 15.7. The summed E-state index contributed by atoms with van der Waals surface area (Å²) >= 11 is 12.0. The Hall–Kier alpha value is -2.87. The third-order valence-electron chi connectivity index (χ3n) is 6.73. The monoisotopic (exact) mass is 603 g/mol. The second-order valence-electron chi connectivity index (χ2n) is 9.67. The first kappa shape index (κ1) is 31.7. The van der Waals surface area contributed by atoms with Gasteiger partial charge in [0.1, 0.15) is 0 Å². The van der Waals surface area contributed by atoms with Crippen LogP contribution in [0.5, 0.6) is 0 Å². The molecule has 0 aromatic heterocycles. The highest BCUT2D eigenvalue weighted by atomic mass is 35.5. The number of aryl methyl sites for hydroxylation is 2. The molecule has 0 fully saturated rings. The van der Waals surface area contributed by atoms with E-state index in [0.29, 0.717) is 13.1 Å². The number of methoxy groups -OCH3 is 1. The molecule has 3 aromatic rings. The Morgan fingerprint density at radius 1 is 0.825 bits per heavy atom. The zero-order chi connectivity index (χ0) is 29.0. The number of nitrogens with zero attached hydrogens (tertiary/aromatic N) is 1. The standard InChI is InChI=1S/C31H35Cl2NO5S/c1-39-30(35)19-16-26(23-40(37,38)27-17-18-28(32)29(33)22-27)31(36)34(20-8-14-24-10-4-2-5-11-24)21-9-15-25-12-6-3-7-13-25/h2-7,10-13,17-18,22,26H,8-9,14-16,19-21,23H2,1H3. The molecule has 9 heteroatoms. The zero-order valence-electron chi connectivity index (χ0n) is 22.6. The highest BCUT2D eigenvalue weighted by Gasteiger charge is 2.31. The fraction of sp³-hybridized carbons (Fsp3) is 0.355. The van der Waals surface area contributed by atoms with Crippen molar-refractivity contribution in [2.45, 2.75) is 43.4 Å². The molecule has 0 N–H and O–H groups in total. The van der Waals surface area contributed by atoms with Crippen LogP contribution in [0.4, 0.5) is 0 Å². The second-order valence-corrected chi connectivity index (χ2v) is 12.5. The summed E-state index contributed by atoms with van der Waals surface area (Å²) in [6.07, 6.45) is 3.02. The van der Waals surface area contributed by atoms with Gasteiger partial charge >= 0.3 is 5.97 Å². The van der Waals surface area contributed by atoms with E-state index < -0.39 is 27.5 Å². The van der Waals surface area contributed by atoms with E-state index in [9.17, 15) is 18.0 Å². The maximum Gasteiger partial charge on any atom is 0.305 e. The highest BCUT2D eigenvalue weighted by Crippen LogP contribution is 2.27. The van der Waals surface area contributed by atoms with Crippen LogP contribution in [0.15, 0.2) is 83.8 Å². The predicted molar refractivity (Wildman–Crippen MR) is 159 cm³/mol. The van der Waals surface area contributed by atoms with Crippen molar-refractivity contribution in [2.24, 2.45) is 5.92 Å². The number of ether oxygens (including phenoxy) is 1. The van der Waals surface area contributed by atoms with E-state index in [2.05, 4.69) is 0 Å². The SMILES string of the molecule is COC(=O)CCC(CS(=O)(=O)c1ccc(Cl)c(Cl)c1)C(=O)N(CCCc1ccccc1)CCCc1ccccc1. The zero-order valence-corrected chi connectivity index (χ0v) is 24.9. The maximum absolute atomic E-state index is 13.9. The van der Waals surface area contributed by atoms with Crippen LogP contribution in [0.1, 0.15) is 36.8 Å². The number of carbonyl (C=O) groups is 2. The molecule has 214 valence electrons. The van der Waals surface area contributed by atoms with Crippen molar-refractivity contribution in [3.05, 3.63) is 100 Å². The number of esters is 1. The molecular formula is C31H35Cl2NO5S. The van der Waals surface area contributed by atoms with Crippen LogP contribution in [0.3, 0.4) is 0 Å². The number of amides is 1. The third kappa shape index (κ3) is 9.95. The highest BCUT2D eigenvalue weighted by molar-refractivity contribution is 7.91. The van der Waals surface area contributed by atoms with Gasteiger partial charge in [0.15, 0.2) is 9.84 Å². The minimum absolute atomic E-state index is 0.0162. The second kappa shape index (κ2) is 15.8. The van der Waals surface area contributed by atoms with Crippen LogP contribution in [0.2, 0.25) is 10.0 Å². The molecule has 1 amide bonds. The molecule has 3 rings (SSSR count). The van der Waals surface area contributed by atoms with Crippen LogP contribution in [0.25, 0.3) is 0 Å². The molecule has 6 nitrogen and oxygen atoms in total. The van der Waals surface area contributed by atoms with E-state index in [4.69, 9.17) is 27.9 Å². The van der Waals surface area contributed by atoms with Gasteiger partial charge in [-0.25, -0.2) is 8.42 Å². The Labute approximate surface area is 247 Å². The number of sulfone groups is 1. The smallest absolute Gasteiger partial charge is 0.305 e. The van der Waals surface area contributed by atoms with Gasteiger partial charge in [-0.15, -0.1) is 0 Å². The largest absolute Gasteiger partial charge is 0.469 e. The van der Waals surface area contributed by atoms with Crippen molar-refractivity contribution in [1.82, 2.24) is 4.90 Å². The Morgan fingerprint density at radius 3 is 1.88 bits per heavy atom. The molecular weight excluding hydrogens is 569 g/mol. The third-order valence-corrected chi connectivity index (χ3v) is 9.28. The first-order valence-electron chi connectivity index (χ1n) is 13.3. The van der Waals surface area contributed by atoms with E-state index in [0.717, 1.165) is 25.7 Å². The molecule has 0 saturated carbocycles. The quantitative estimate of drug-likeness (QED) is 0.187. The molecule has 3 aromatic carbocycles. The summed E-state index contributed by atoms with van der Waals surface area (Å²) < 4.78 is 31.5. The summed E-state index contributed by atoms with van der Waals surface area (Å²) in [6.45, 7) is 0.953. The number of carbonyl (C=O) groups excluding carboxylic acids is 2. The van der Waals surface area contributed by atoms with Crippen LogP contribution in [0, 0.1) is 5.92 Å². The fourth-order valence-corrected chi connectivity index (χ4v) is 6.50. The van der Waals surface area contributed by atoms with Crippen LogP contribution < -0.4 is 0 Å². The van der Waals surface area contributed by atoms with E-state index in [-0.39, 0.29) is 33.7 Å². The summed E-state index contributed by atoms with van der Waals surface area (Å²) in [5, 5.41) is 0.352. The molecule has 1 unspecified atom stereocenters. The lowest BCUT2D eigenvalue weighted by molar-refractivity contribution is -0.141. The van der Waals surface area contributed by atoms with Crippen molar-refractivity contribution in [1.29, 1.82) is 0 Å². The number of benzene rings is 3. The van der Waals surface area contributed by atoms with Crippen molar-refractivity contribution < 1.29 is 22.7 Å². The molecule has 1 atom stereocenters. The molecule has 0 radical (unpaired) electrons. The molecule has 0 bridgehead atoms. The summed E-state index contributed by atoms with van der Waals surface area (Å²) in [5.41, 5.74) is 2.34. The lowest BCUT2D eigenvalue weighted by atomic mass is 10.0. The van der Waals surface area contributed by atoms with E-state index in [1.807, 2.05) is 60.7 Å². The van der Waals surface area contributed by atoms with E-state index in [1.165, 1.54) is 36.4 Å². The molecule has 0 spiro atoms. The van der Waals surface area contributed by atoms with E-state index >= 15 is 0 Å². The normalized spacial score (nSPS) is 12.1. The summed E-state index contributed by atoms with van der Waals surface area (Å²) in [4.78, 5) is 27.6. The summed E-state index contributed by atoms with van der Waals surface area (Å²) in [5.74, 6) is -2.15. The van der Waals surface area contributed by atoms with Crippen molar-refractivity contribution in [3.63, 3.8) is 0 Å². The minimum atomic E-state index is -3.90. The summed E-state index contributed by atoms with van der Waals surface area (Å²) in [6, 6.07) is 24.1. The van der Waals surface area contributed by atoms with E-state index in [1.54, 1.807) is 4.90 Å². The molecule has 40 heavy (non-hydrogen) atoms. The van der Waals surface area contributed by atoms with Gasteiger partial charge in [-0.05, 0) is 61.4 Å². The molecule has 0 aliphatic carbocycles. The van der Waals surface area contributed by atoms with Gasteiger partial charge in [0.25, 0.3) is 0 Å². The lowest BCUT2D eigenvalue weighted by Crippen LogP contribution is -2.40. The number of halogens is 2. The van der Waals surface area contributed by atoms with Gasteiger partial charge in [-0.3, -0.25) is 9.59 Å². The van der Waals surface area contributed by atoms with Gasteiger partial charge in [-0.2, -0.15) is 0 Å². The van der Waals surface area contributed by atoms with Gasteiger partial charge in [0, 0.05) is 19.5 Å².